The fourth-order valence-corrected chi connectivity index (χ4v) is 3.69. The Labute approximate surface area is 103 Å². The molecule has 0 saturated heterocycles. The third-order valence-corrected chi connectivity index (χ3v) is 4.49. The van der Waals surface area contributed by atoms with Crippen molar-refractivity contribution in [2.75, 3.05) is 0 Å². The third kappa shape index (κ3) is 2.27. The molecule has 18 heavy (non-hydrogen) atoms. The molecule has 10 heteroatoms. The van der Waals surface area contributed by atoms with Crippen molar-refractivity contribution in [1.29, 1.82) is 0 Å². The van der Waals surface area contributed by atoms with Gasteiger partial charge in [0.25, 0.3) is 20.2 Å². The zero-order valence-electron chi connectivity index (χ0n) is 9.24. The van der Waals surface area contributed by atoms with Crippen LogP contribution in [0.4, 0.5) is 0 Å². The summed E-state index contributed by atoms with van der Waals surface area (Å²) >= 11 is 0. The molecule has 0 atom stereocenters. The molecule has 1 aromatic rings. The van der Waals surface area contributed by atoms with E-state index in [1.54, 1.807) is 0 Å². The lowest BCUT2D eigenvalue weighted by Gasteiger charge is -2.14. The van der Waals surface area contributed by atoms with Crippen LogP contribution in [-0.2, 0) is 20.2 Å². The minimum absolute atomic E-state index is 0.146. The van der Waals surface area contributed by atoms with Gasteiger partial charge in [0.05, 0.1) is 0 Å². The zero-order valence-corrected chi connectivity index (χ0v) is 10.9. The topological polar surface area (TPSA) is 149 Å². The van der Waals surface area contributed by atoms with Gasteiger partial charge < -0.3 is 10.2 Å². The van der Waals surface area contributed by atoms with E-state index in [9.17, 15) is 27.0 Å². The van der Waals surface area contributed by atoms with E-state index in [-0.39, 0.29) is 11.1 Å². The molecule has 1 aromatic carbocycles. The number of phenolic OH excluding ortho intramolecular Hbond substituents is 2. The summed E-state index contributed by atoms with van der Waals surface area (Å²) in [5.74, 6) is -2.24. The van der Waals surface area contributed by atoms with Crippen molar-refractivity contribution in [1.82, 2.24) is 0 Å². The molecule has 4 N–H and O–H groups in total. The van der Waals surface area contributed by atoms with Gasteiger partial charge in [-0.2, -0.15) is 16.8 Å². The van der Waals surface area contributed by atoms with Gasteiger partial charge in [0.15, 0.2) is 16.4 Å². The summed E-state index contributed by atoms with van der Waals surface area (Å²) in [5, 5.41) is 18.8. The normalized spacial score (nSPS) is 12.7. The largest absolute Gasteiger partial charge is 0.504 e. The number of hydrogen-bond acceptors (Lipinski definition) is 6. The fraction of sp³-hybridized carbons (Fsp3) is 0.250. The van der Waals surface area contributed by atoms with Crippen molar-refractivity contribution in [2.24, 2.45) is 0 Å². The number of phenols is 2. The number of benzene rings is 1. The van der Waals surface area contributed by atoms with Gasteiger partial charge in [-0.1, -0.05) is 0 Å². The van der Waals surface area contributed by atoms with Crippen LogP contribution in [0.3, 0.4) is 0 Å². The van der Waals surface area contributed by atoms with Crippen LogP contribution in [0, 0.1) is 13.8 Å². The summed E-state index contributed by atoms with van der Waals surface area (Å²) in [7, 11) is -10.2. The van der Waals surface area contributed by atoms with Crippen LogP contribution in [0.5, 0.6) is 11.5 Å². The molecule has 0 spiro atoms. The van der Waals surface area contributed by atoms with Crippen molar-refractivity contribution in [3.05, 3.63) is 11.1 Å². The lowest BCUT2D eigenvalue weighted by Crippen LogP contribution is -2.12. The van der Waals surface area contributed by atoms with Crippen molar-refractivity contribution in [2.45, 2.75) is 23.6 Å². The first-order valence-electron chi connectivity index (χ1n) is 4.39. The maximum absolute atomic E-state index is 11.1. The summed E-state index contributed by atoms with van der Waals surface area (Å²) in [6, 6.07) is 0. The molecule has 8 nitrogen and oxygen atoms in total. The van der Waals surface area contributed by atoms with Gasteiger partial charge in [0.2, 0.25) is 0 Å². The Morgan fingerprint density at radius 2 is 1.11 bits per heavy atom. The summed E-state index contributed by atoms with van der Waals surface area (Å²) in [6.07, 6.45) is 0. The Morgan fingerprint density at radius 3 is 1.44 bits per heavy atom. The minimum Gasteiger partial charge on any atom is -0.504 e. The Bertz CT molecular complexity index is 651. The van der Waals surface area contributed by atoms with Crippen LogP contribution in [0.1, 0.15) is 11.1 Å². The summed E-state index contributed by atoms with van der Waals surface area (Å²) in [4.78, 5) is -2.62. The predicted octanol–water partition coefficient (Wildman–Crippen LogP) is 0.208. The molecule has 0 radical (unpaired) electrons. The highest BCUT2D eigenvalue weighted by molar-refractivity contribution is 7.89. The summed E-state index contributed by atoms with van der Waals surface area (Å²) in [5.41, 5.74) is -0.451. The summed E-state index contributed by atoms with van der Waals surface area (Å²) < 4.78 is 62.2. The molecule has 0 unspecified atom stereocenters. The van der Waals surface area contributed by atoms with E-state index in [0.29, 0.717) is 0 Å². The van der Waals surface area contributed by atoms with Gasteiger partial charge >= 0.3 is 0 Å². The van der Waals surface area contributed by atoms with E-state index < -0.39 is 41.5 Å². The van der Waals surface area contributed by atoms with E-state index in [2.05, 4.69) is 0 Å². The molecule has 0 aliphatic heterocycles. The van der Waals surface area contributed by atoms with Crippen LogP contribution in [-0.4, -0.2) is 36.2 Å². The van der Waals surface area contributed by atoms with Crippen LogP contribution >= 0.6 is 0 Å². The van der Waals surface area contributed by atoms with Crippen molar-refractivity contribution in [3.63, 3.8) is 0 Å². The molecule has 102 valence electrons. The molecule has 0 saturated carbocycles. The number of hydrogen-bond donors (Lipinski definition) is 4. The quantitative estimate of drug-likeness (QED) is 0.447. The van der Waals surface area contributed by atoms with E-state index in [4.69, 9.17) is 9.11 Å². The second kappa shape index (κ2) is 4.09. The average molecular weight is 298 g/mol. The Balaban J connectivity index is 4.16. The van der Waals surface area contributed by atoms with Crippen molar-refractivity contribution >= 4 is 20.2 Å². The monoisotopic (exact) mass is 298 g/mol. The lowest BCUT2D eigenvalue weighted by molar-refractivity contribution is 0.379. The second-order valence-corrected chi connectivity index (χ2v) is 6.27. The maximum Gasteiger partial charge on any atom is 0.299 e. The molecule has 0 fully saturated rings. The highest BCUT2D eigenvalue weighted by Gasteiger charge is 2.33. The summed E-state index contributed by atoms with van der Waals surface area (Å²) in [6.45, 7) is 2.30. The fourth-order valence-electron chi connectivity index (χ4n) is 1.46. The second-order valence-electron chi connectivity index (χ2n) is 3.56. The molecule has 0 amide bonds. The predicted molar refractivity (Wildman–Crippen MR) is 58.9 cm³/mol. The van der Waals surface area contributed by atoms with Crippen molar-refractivity contribution in [3.8, 4) is 11.5 Å². The first-order chi connectivity index (χ1) is 7.89. The Kier molecular flexibility index (Phi) is 3.34. The van der Waals surface area contributed by atoms with Gasteiger partial charge in [-0.05, 0) is 25.0 Å². The first kappa shape index (κ1) is 14.7. The van der Waals surface area contributed by atoms with Crippen LogP contribution in [0.2, 0.25) is 0 Å². The van der Waals surface area contributed by atoms with E-state index >= 15 is 0 Å². The number of aromatic hydroxyl groups is 2. The SMILES string of the molecule is Cc1c(C)c(S(=O)(=O)O)c(S(=O)(=O)O)c(O)c1O. The highest BCUT2D eigenvalue weighted by atomic mass is 32.2. The zero-order chi connectivity index (χ0) is 14.5. The third-order valence-electron chi connectivity index (χ3n) is 2.42. The molecule has 0 aliphatic rings. The van der Waals surface area contributed by atoms with Crippen LogP contribution < -0.4 is 0 Å². The van der Waals surface area contributed by atoms with Gasteiger partial charge in [-0.25, -0.2) is 0 Å². The van der Waals surface area contributed by atoms with Gasteiger partial charge in [0, 0.05) is 0 Å². The molecule has 1 rings (SSSR count). The standard InChI is InChI=1S/C8H10O8S2/c1-3-4(2)7(17(11,12)13)8(18(14,15)16)6(10)5(3)9/h9-10H,1-2H3,(H,11,12,13)(H,14,15,16). The van der Waals surface area contributed by atoms with Gasteiger partial charge in [-0.15, -0.1) is 0 Å². The smallest absolute Gasteiger partial charge is 0.299 e. The first-order valence-corrected chi connectivity index (χ1v) is 7.27. The van der Waals surface area contributed by atoms with E-state index in [0.717, 1.165) is 6.92 Å². The molecular formula is C8H10O8S2. The van der Waals surface area contributed by atoms with Crippen molar-refractivity contribution < 1.29 is 36.2 Å². The molecule has 0 aliphatic carbocycles. The van der Waals surface area contributed by atoms with E-state index in [1.165, 1.54) is 6.92 Å². The van der Waals surface area contributed by atoms with Crippen LogP contribution in [0.25, 0.3) is 0 Å². The molecular weight excluding hydrogens is 288 g/mol. The lowest BCUT2D eigenvalue weighted by atomic mass is 10.1. The molecule has 0 heterocycles. The average Bonchev–Trinajstić information content (AvgIpc) is 2.16. The minimum atomic E-state index is -5.16. The van der Waals surface area contributed by atoms with Gasteiger partial charge in [-0.3, -0.25) is 9.11 Å². The highest BCUT2D eigenvalue weighted by Crippen LogP contribution is 2.42. The van der Waals surface area contributed by atoms with Gasteiger partial charge in [0.1, 0.15) is 4.90 Å². The molecule has 0 bridgehead atoms. The Morgan fingerprint density at radius 1 is 0.722 bits per heavy atom. The number of rotatable bonds is 2. The van der Waals surface area contributed by atoms with E-state index in [1.807, 2.05) is 0 Å². The van der Waals surface area contributed by atoms with Crippen LogP contribution in [0.15, 0.2) is 9.79 Å². The Hall–Kier alpha value is -1.36. The maximum atomic E-state index is 11.1. The molecule has 0 aromatic heterocycles.